The van der Waals surface area contributed by atoms with Crippen LogP contribution in [0.3, 0.4) is 0 Å². The topological polar surface area (TPSA) is 102 Å². The zero-order valence-corrected chi connectivity index (χ0v) is 17.4. The molecule has 0 fully saturated rings. The van der Waals surface area contributed by atoms with E-state index in [1.807, 2.05) is 44.2 Å². The average molecular weight is 418 g/mol. The van der Waals surface area contributed by atoms with Gasteiger partial charge in [0.2, 0.25) is 0 Å². The van der Waals surface area contributed by atoms with Crippen LogP contribution in [0.25, 0.3) is 11.3 Å². The number of hydrogen-bond donors (Lipinski definition) is 2. The lowest BCUT2D eigenvalue weighted by atomic mass is 10.1. The fourth-order valence-corrected chi connectivity index (χ4v) is 3.21. The lowest BCUT2D eigenvalue weighted by Crippen LogP contribution is -2.14. The van der Waals surface area contributed by atoms with Crippen LogP contribution in [-0.2, 0) is 6.61 Å². The van der Waals surface area contributed by atoms with Gasteiger partial charge in [0, 0.05) is 11.6 Å². The van der Waals surface area contributed by atoms with Gasteiger partial charge in [0.15, 0.2) is 5.82 Å². The molecule has 0 unspecified atom stereocenters. The first-order valence-corrected chi connectivity index (χ1v) is 9.70. The lowest BCUT2D eigenvalue weighted by molar-refractivity contribution is 0.102. The van der Waals surface area contributed by atoms with Crippen LogP contribution in [0, 0.1) is 13.8 Å². The SMILES string of the molecule is COc1ccccc1-c1cc(NC(=O)c2ccccc2OCc2c(C)noc2C)n[nH]1. The molecule has 158 valence electrons. The second-order valence-corrected chi connectivity index (χ2v) is 6.91. The van der Waals surface area contributed by atoms with E-state index in [2.05, 4.69) is 20.7 Å². The van der Waals surface area contributed by atoms with Crippen molar-refractivity contribution in [3.8, 4) is 22.8 Å². The van der Waals surface area contributed by atoms with Crippen LogP contribution in [0.2, 0.25) is 0 Å². The molecule has 31 heavy (non-hydrogen) atoms. The van der Waals surface area contributed by atoms with Crippen molar-refractivity contribution >= 4 is 11.7 Å². The van der Waals surface area contributed by atoms with E-state index in [1.165, 1.54) is 0 Å². The normalized spacial score (nSPS) is 10.7. The summed E-state index contributed by atoms with van der Waals surface area (Å²) in [6.45, 7) is 3.94. The molecule has 0 saturated heterocycles. The van der Waals surface area contributed by atoms with E-state index in [0.29, 0.717) is 28.6 Å². The molecule has 2 heterocycles. The lowest BCUT2D eigenvalue weighted by Gasteiger charge is -2.11. The number of nitrogens with zero attached hydrogens (tertiary/aromatic N) is 2. The monoisotopic (exact) mass is 418 g/mol. The first-order chi connectivity index (χ1) is 15.1. The number of H-pyrrole nitrogens is 1. The molecule has 0 aliphatic carbocycles. The van der Waals surface area contributed by atoms with Crippen LogP contribution in [0.15, 0.2) is 59.1 Å². The molecule has 0 aliphatic rings. The number of benzene rings is 2. The van der Waals surface area contributed by atoms with Gasteiger partial charge in [-0.3, -0.25) is 9.89 Å². The molecule has 2 aromatic heterocycles. The van der Waals surface area contributed by atoms with Crippen LogP contribution < -0.4 is 14.8 Å². The van der Waals surface area contributed by atoms with Crippen LogP contribution in [0.1, 0.15) is 27.4 Å². The van der Waals surface area contributed by atoms with Crippen molar-refractivity contribution in [1.29, 1.82) is 0 Å². The quantitative estimate of drug-likeness (QED) is 0.457. The second-order valence-electron chi connectivity index (χ2n) is 6.91. The summed E-state index contributed by atoms with van der Waals surface area (Å²) in [4.78, 5) is 12.9. The Morgan fingerprint density at radius 1 is 1.10 bits per heavy atom. The summed E-state index contributed by atoms with van der Waals surface area (Å²) in [5, 5.41) is 13.9. The predicted octanol–water partition coefficient (Wildman–Crippen LogP) is 4.52. The number of ether oxygens (including phenoxy) is 2. The molecule has 4 aromatic rings. The maximum absolute atomic E-state index is 12.9. The summed E-state index contributed by atoms with van der Waals surface area (Å²) < 4.78 is 16.5. The number of carbonyl (C=O) groups is 1. The minimum atomic E-state index is -0.326. The van der Waals surface area contributed by atoms with Crippen molar-refractivity contribution in [1.82, 2.24) is 15.4 Å². The average Bonchev–Trinajstić information content (AvgIpc) is 3.38. The number of rotatable bonds is 7. The van der Waals surface area contributed by atoms with Crippen LogP contribution >= 0.6 is 0 Å². The number of aryl methyl sites for hydroxylation is 2. The fourth-order valence-electron chi connectivity index (χ4n) is 3.21. The Hall–Kier alpha value is -4.07. The third-order valence-corrected chi connectivity index (χ3v) is 4.90. The third kappa shape index (κ3) is 4.28. The number of amides is 1. The Kier molecular flexibility index (Phi) is 5.70. The summed E-state index contributed by atoms with van der Waals surface area (Å²) in [6, 6.07) is 16.4. The van der Waals surface area contributed by atoms with Gasteiger partial charge in [0.25, 0.3) is 5.91 Å². The third-order valence-electron chi connectivity index (χ3n) is 4.90. The van der Waals surface area contributed by atoms with Crippen molar-refractivity contribution in [2.24, 2.45) is 0 Å². The Balaban J connectivity index is 1.50. The molecule has 0 spiro atoms. The molecule has 4 rings (SSSR count). The summed E-state index contributed by atoms with van der Waals surface area (Å²) >= 11 is 0. The standard InChI is InChI=1S/C23H22N4O4/c1-14-18(15(2)31-27-14)13-30-21-11-7-5-9-17(21)23(28)24-22-12-19(25-26-22)16-8-4-6-10-20(16)29-3/h4-12H,13H2,1-3H3,(H2,24,25,26,28). The van der Waals surface area contributed by atoms with Crippen LogP contribution in [0.5, 0.6) is 11.5 Å². The van der Waals surface area contributed by atoms with Crippen molar-refractivity contribution in [2.75, 3.05) is 12.4 Å². The molecule has 0 atom stereocenters. The Labute approximate surface area is 179 Å². The number of hydrogen-bond acceptors (Lipinski definition) is 6. The number of anilines is 1. The highest BCUT2D eigenvalue weighted by Gasteiger charge is 2.17. The molecule has 1 amide bonds. The molecule has 8 nitrogen and oxygen atoms in total. The molecular weight excluding hydrogens is 396 g/mol. The van der Waals surface area contributed by atoms with Gasteiger partial charge in [0.1, 0.15) is 23.9 Å². The fraction of sp³-hybridized carbons (Fsp3) is 0.174. The van der Waals surface area contributed by atoms with E-state index >= 15 is 0 Å². The smallest absolute Gasteiger partial charge is 0.260 e. The molecular formula is C23H22N4O4. The Bertz CT molecular complexity index is 1190. The van der Waals surface area contributed by atoms with Crippen molar-refractivity contribution in [3.63, 3.8) is 0 Å². The number of nitrogens with one attached hydrogen (secondary N) is 2. The first kappa shape index (κ1) is 20.2. The number of carbonyl (C=O) groups excluding carboxylic acids is 1. The molecule has 8 heteroatoms. The highest BCUT2D eigenvalue weighted by molar-refractivity contribution is 6.05. The summed E-state index contributed by atoms with van der Waals surface area (Å²) in [7, 11) is 1.61. The predicted molar refractivity (Wildman–Crippen MR) is 115 cm³/mol. The van der Waals surface area contributed by atoms with E-state index in [-0.39, 0.29) is 12.5 Å². The van der Waals surface area contributed by atoms with Crippen molar-refractivity contribution in [2.45, 2.75) is 20.5 Å². The minimum absolute atomic E-state index is 0.256. The minimum Gasteiger partial charge on any atom is -0.496 e. The largest absolute Gasteiger partial charge is 0.496 e. The van der Waals surface area contributed by atoms with Gasteiger partial charge >= 0.3 is 0 Å². The number of aromatic amines is 1. The number of para-hydroxylation sites is 2. The molecule has 0 radical (unpaired) electrons. The van der Waals surface area contributed by atoms with Crippen molar-refractivity contribution in [3.05, 3.63) is 77.2 Å². The second kappa shape index (κ2) is 8.74. The van der Waals surface area contributed by atoms with Gasteiger partial charge in [-0.25, -0.2) is 0 Å². The maximum atomic E-state index is 12.9. The van der Waals surface area contributed by atoms with E-state index < -0.39 is 0 Å². The van der Waals surface area contributed by atoms with E-state index in [4.69, 9.17) is 14.0 Å². The van der Waals surface area contributed by atoms with Gasteiger partial charge in [-0.05, 0) is 38.1 Å². The summed E-state index contributed by atoms with van der Waals surface area (Å²) in [5.41, 5.74) is 3.61. The molecule has 0 bridgehead atoms. The van der Waals surface area contributed by atoms with E-state index in [0.717, 1.165) is 22.5 Å². The number of methoxy groups -OCH3 is 1. The maximum Gasteiger partial charge on any atom is 0.260 e. The highest BCUT2D eigenvalue weighted by Crippen LogP contribution is 2.29. The van der Waals surface area contributed by atoms with E-state index in [9.17, 15) is 4.79 Å². The molecule has 2 aromatic carbocycles. The summed E-state index contributed by atoms with van der Waals surface area (Å²) in [5.74, 6) is 1.93. The van der Waals surface area contributed by atoms with Gasteiger partial charge < -0.3 is 19.3 Å². The molecule has 0 saturated carbocycles. The van der Waals surface area contributed by atoms with Gasteiger partial charge in [-0.2, -0.15) is 5.10 Å². The first-order valence-electron chi connectivity index (χ1n) is 9.70. The zero-order chi connectivity index (χ0) is 21.8. The zero-order valence-electron chi connectivity index (χ0n) is 17.4. The van der Waals surface area contributed by atoms with Crippen molar-refractivity contribution < 1.29 is 18.8 Å². The molecule has 2 N–H and O–H groups in total. The van der Waals surface area contributed by atoms with Gasteiger partial charge in [-0.1, -0.05) is 29.4 Å². The Morgan fingerprint density at radius 2 is 1.84 bits per heavy atom. The van der Waals surface area contributed by atoms with Crippen LogP contribution in [0.4, 0.5) is 5.82 Å². The molecule has 0 aliphatic heterocycles. The van der Waals surface area contributed by atoms with E-state index in [1.54, 1.807) is 31.4 Å². The summed E-state index contributed by atoms with van der Waals surface area (Å²) in [6.07, 6.45) is 0. The highest BCUT2D eigenvalue weighted by atomic mass is 16.5. The number of aromatic nitrogens is 3. The van der Waals surface area contributed by atoms with Crippen LogP contribution in [-0.4, -0.2) is 28.4 Å². The Morgan fingerprint density at radius 3 is 2.58 bits per heavy atom. The van der Waals surface area contributed by atoms with Gasteiger partial charge in [-0.15, -0.1) is 0 Å². The van der Waals surface area contributed by atoms with Gasteiger partial charge in [0.05, 0.1) is 29.6 Å².